The SMILES string of the molecule is CN1CCN(c2ccc(CCC(=O)c3[nH]ncc3-c3cccc(O)c3)cc2)CC1. The van der Waals surface area contributed by atoms with Gasteiger partial charge in [-0.3, -0.25) is 9.89 Å². The van der Waals surface area contributed by atoms with Gasteiger partial charge in [0.05, 0.1) is 6.20 Å². The van der Waals surface area contributed by atoms with Crippen LogP contribution in [0.15, 0.2) is 54.7 Å². The number of ketones is 1. The molecule has 0 aliphatic carbocycles. The third kappa shape index (κ3) is 4.49. The van der Waals surface area contributed by atoms with Crippen molar-refractivity contribution < 1.29 is 9.90 Å². The fourth-order valence-corrected chi connectivity index (χ4v) is 3.71. The number of nitrogens with zero attached hydrogens (tertiary/aromatic N) is 3. The minimum atomic E-state index is 0.0176. The van der Waals surface area contributed by atoms with Gasteiger partial charge in [-0.15, -0.1) is 0 Å². The van der Waals surface area contributed by atoms with Crippen LogP contribution in [0.2, 0.25) is 0 Å². The van der Waals surface area contributed by atoms with E-state index in [1.165, 1.54) is 5.69 Å². The number of phenols is 1. The quantitative estimate of drug-likeness (QED) is 0.632. The average molecular weight is 390 g/mol. The van der Waals surface area contributed by atoms with Gasteiger partial charge in [0, 0.05) is 43.9 Å². The van der Waals surface area contributed by atoms with Crippen LogP contribution in [0.4, 0.5) is 5.69 Å². The molecule has 6 nitrogen and oxygen atoms in total. The molecule has 2 N–H and O–H groups in total. The molecule has 0 unspecified atom stereocenters. The Morgan fingerprint density at radius 1 is 1.10 bits per heavy atom. The Hall–Kier alpha value is -3.12. The van der Waals surface area contributed by atoms with Crippen molar-refractivity contribution in [3.63, 3.8) is 0 Å². The number of rotatable bonds is 6. The number of Topliss-reactive ketones (excluding diaryl/α,β-unsaturated/α-hetero) is 1. The van der Waals surface area contributed by atoms with Crippen molar-refractivity contribution in [1.29, 1.82) is 0 Å². The lowest BCUT2D eigenvalue weighted by Gasteiger charge is -2.34. The molecule has 0 saturated carbocycles. The first-order valence-electron chi connectivity index (χ1n) is 9.98. The lowest BCUT2D eigenvalue weighted by molar-refractivity contribution is 0.0978. The number of aromatic hydroxyl groups is 1. The number of anilines is 1. The molecule has 29 heavy (non-hydrogen) atoms. The van der Waals surface area contributed by atoms with Gasteiger partial charge in [0.15, 0.2) is 5.78 Å². The molecule has 150 valence electrons. The van der Waals surface area contributed by atoms with E-state index < -0.39 is 0 Å². The molecule has 1 fully saturated rings. The third-order valence-corrected chi connectivity index (χ3v) is 5.52. The summed E-state index contributed by atoms with van der Waals surface area (Å²) in [6, 6.07) is 15.4. The number of carbonyl (C=O) groups is 1. The molecule has 3 aromatic rings. The fraction of sp³-hybridized carbons (Fsp3) is 0.304. The largest absolute Gasteiger partial charge is 0.508 e. The molecule has 4 rings (SSSR count). The van der Waals surface area contributed by atoms with Crippen molar-refractivity contribution in [3.8, 4) is 16.9 Å². The van der Waals surface area contributed by atoms with Crippen LogP contribution in [-0.2, 0) is 6.42 Å². The van der Waals surface area contributed by atoms with Crippen LogP contribution in [0, 0.1) is 0 Å². The van der Waals surface area contributed by atoms with E-state index in [9.17, 15) is 9.90 Å². The smallest absolute Gasteiger partial charge is 0.181 e. The van der Waals surface area contributed by atoms with Gasteiger partial charge in [0.1, 0.15) is 11.4 Å². The highest BCUT2D eigenvalue weighted by Gasteiger charge is 2.17. The molecule has 0 atom stereocenters. The Labute approximate surface area is 170 Å². The molecule has 6 heteroatoms. The van der Waals surface area contributed by atoms with Crippen LogP contribution in [0.25, 0.3) is 11.1 Å². The minimum Gasteiger partial charge on any atom is -0.508 e. The summed E-state index contributed by atoms with van der Waals surface area (Å²) < 4.78 is 0. The van der Waals surface area contributed by atoms with E-state index in [-0.39, 0.29) is 11.5 Å². The second-order valence-corrected chi connectivity index (χ2v) is 7.59. The maximum atomic E-state index is 12.8. The van der Waals surface area contributed by atoms with Gasteiger partial charge < -0.3 is 14.9 Å². The molecule has 0 bridgehead atoms. The van der Waals surface area contributed by atoms with Crippen molar-refractivity contribution in [2.45, 2.75) is 12.8 Å². The van der Waals surface area contributed by atoms with Crippen molar-refractivity contribution in [1.82, 2.24) is 15.1 Å². The lowest BCUT2D eigenvalue weighted by atomic mass is 10.0. The topological polar surface area (TPSA) is 72.5 Å². The van der Waals surface area contributed by atoms with Gasteiger partial charge in [0.25, 0.3) is 0 Å². The van der Waals surface area contributed by atoms with E-state index in [4.69, 9.17) is 0 Å². The number of phenolic OH excluding ortho intramolecular Hbond substituents is 1. The number of carbonyl (C=O) groups excluding carboxylic acids is 1. The van der Waals surface area contributed by atoms with Crippen LogP contribution < -0.4 is 4.90 Å². The van der Waals surface area contributed by atoms with E-state index in [1.54, 1.807) is 24.4 Å². The van der Waals surface area contributed by atoms with Gasteiger partial charge in [-0.05, 0) is 48.9 Å². The Morgan fingerprint density at radius 2 is 1.86 bits per heavy atom. The summed E-state index contributed by atoms with van der Waals surface area (Å²) in [5, 5.41) is 16.6. The molecule has 0 amide bonds. The maximum absolute atomic E-state index is 12.8. The zero-order valence-corrected chi connectivity index (χ0v) is 16.6. The Bertz CT molecular complexity index is 973. The van der Waals surface area contributed by atoms with E-state index in [1.807, 2.05) is 6.07 Å². The second kappa shape index (κ2) is 8.49. The molecule has 1 saturated heterocycles. The number of aryl methyl sites for hydroxylation is 1. The van der Waals surface area contributed by atoms with Crippen molar-refractivity contribution in [3.05, 3.63) is 66.0 Å². The third-order valence-electron chi connectivity index (χ3n) is 5.52. The van der Waals surface area contributed by atoms with Crippen molar-refractivity contribution in [2.24, 2.45) is 0 Å². The zero-order chi connectivity index (χ0) is 20.2. The molecular weight excluding hydrogens is 364 g/mol. The van der Waals surface area contributed by atoms with Crippen LogP contribution in [-0.4, -0.2) is 59.2 Å². The van der Waals surface area contributed by atoms with Gasteiger partial charge in [-0.1, -0.05) is 24.3 Å². The van der Waals surface area contributed by atoms with Gasteiger partial charge in [-0.25, -0.2) is 0 Å². The zero-order valence-electron chi connectivity index (χ0n) is 16.6. The summed E-state index contributed by atoms with van der Waals surface area (Å²) in [6.45, 7) is 4.27. The standard InChI is InChI=1S/C23H26N4O2/c1-26-11-13-27(14-12-26)19-8-5-17(6-9-19)7-10-22(29)23-21(16-24-25-23)18-3-2-4-20(28)15-18/h2-6,8-9,15-16,28H,7,10-14H2,1H3,(H,24,25). The first-order chi connectivity index (χ1) is 14.1. The van der Waals surface area contributed by atoms with Crippen molar-refractivity contribution >= 4 is 11.5 Å². The van der Waals surface area contributed by atoms with E-state index in [2.05, 4.69) is 51.3 Å². The number of hydrogen-bond acceptors (Lipinski definition) is 5. The van der Waals surface area contributed by atoms with Gasteiger partial charge >= 0.3 is 0 Å². The van der Waals surface area contributed by atoms with Crippen molar-refractivity contribution in [2.75, 3.05) is 38.1 Å². The number of hydrogen-bond donors (Lipinski definition) is 2. The molecule has 1 aliphatic heterocycles. The number of nitrogens with one attached hydrogen (secondary N) is 1. The number of aromatic amines is 1. The van der Waals surface area contributed by atoms with E-state index in [0.29, 0.717) is 18.5 Å². The number of piperazine rings is 1. The summed E-state index contributed by atoms with van der Waals surface area (Å²) in [5.74, 6) is 0.187. The fourth-order valence-electron chi connectivity index (χ4n) is 3.71. The molecule has 1 aromatic heterocycles. The van der Waals surface area contributed by atoms with Crippen LogP contribution in [0.3, 0.4) is 0 Å². The Kier molecular flexibility index (Phi) is 5.62. The Morgan fingerprint density at radius 3 is 2.59 bits per heavy atom. The predicted molar refractivity (Wildman–Crippen MR) is 114 cm³/mol. The average Bonchev–Trinajstić information content (AvgIpc) is 3.23. The first kappa shape index (κ1) is 19.2. The molecule has 1 aliphatic rings. The molecule has 2 heterocycles. The second-order valence-electron chi connectivity index (χ2n) is 7.59. The van der Waals surface area contributed by atoms with Gasteiger partial charge in [-0.2, -0.15) is 5.10 Å². The first-order valence-corrected chi connectivity index (χ1v) is 9.98. The number of aromatic nitrogens is 2. The molecule has 0 radical (unpaired) electrons. The van der Waals surface area contributed by atoms with E-state index >= 15 is 0 Å². The van der Waals surface area contributed by atoms with Crippen LogP contribution in [0.1, 0.15) is 22.5 Å². The van der Waals surface area contributed by atoms with Crippen LogP contribution in [0.5, 0.6) is 5.75 Å². The Balaban J connectivity index is 1.39. The highest BCUT2D eigenvalue weighted by molar-refractivity contribution is 6.00. The summed E-state index contributed by atoms with van der Waals surface area (Å²) in [7, 11) is 2.16. The maximum Gasteiger partial charge on any atom is 0.181 e. The van der Waals surface area contributed by atoms with Crippen LogP contribution >= 0.6 is 0 Å². The van der Waals surface area contributed by atoms with Gasteiger partial charge in [0.2, 0.25) is 0 Å². The van der Waals surface area contributed by atoms with E-state index in [0.717, 1.165) is 42.9 Å². The summed E-state index contributed by atoms with van der Waals surface area (Å²) in [4.78, 5) is 17.5. The lowest BCUT2D eigenvalue weighted by Crippen LogP contribution is -2.44. The minimum absolute atomic E-state index is 0.0176. The molecule has 0 spiro atoms. The predicted octanol–water partition coefficient (Wildman–Crippen LogP) is 3.35. The highest BCUT2D eigenvalue weighted by atomic mass is 16.3. The number of H-pyrrole nitrogens is 1. The number of benzene rings is 2. The monoisotopic (exact) mass is 390 g/mol. The summed E-state index contributed by atoms with van der Waals surface area (Å²) in [6.07, 6.45) is 2.72. The summed E-state index contributed by atoms with van der Waals surface area (Å²) >= 11 is 0. The summed E-state index contributed by atoms with van der Waals surface area (Å²) in [5.41, 5.74) is 4.38. The molecule has 2 aromatic carbocycles. The molecular formula is C23H26N4O2. The number of likely N-dealkylation sites (N-methyl/N-ethyl adjacent to an activating group) is 1. The highest BCUT2D eigenvalue weighted by Crippen LogP contribution is 2.26. The normalized spacial score (nSPS) is 14.9.